The third-order valence-electron chi connectivity index (χ3n) is 2.58. The number of nitrogens with one attached hydrogen (secondary N) is 1. The van der Waals surface area contributed by atoms with Crippen molar-refractivity contribution in [2.45, 2.75) is 26.3 Å². The van der Waals surface area contributed by atoms with Crippen molar-refractivity contribution in [2.75, 3.05) is 13.7 Å². The molecule has 0 bridgehead atoms. The topological polar surface area (TPSA) is 21.3 Å². The van der Waals surface area contributed by atoms with Crippen molar-refractivity contribution in [3.05, 3.63) is 42.0 Å². The smallest absolute Gasteiger partial charge is 0.118 e. The van der Waals surface area contributed by atoms with Crippen LogP contribution in [-0.2, 0) is 0 Å². The molecule has 1 N–H and O–H groups in total. The molecule has 0 spiro atoms. The maximum absolute atomic E-state index is 5.15. The number of ether oxygens (including phenoxy) is 1. The van der Waals surface area contributed by atoms with Gasteiger partial charge >= 0.3 is 0 Å². The molecule has 1 aromatic rings. The Kier molecular flexibility index (Phi) is 5.06. The molecule has 0 heterocycles. The monoisotopic (exact) mass is 219 g/mol. The lowest BCUT2D eigenvalue weighted by molar-refractivity contribution is 0.414. The van der Waals surface area contributed by atoms with E-state index in [0.717, 1.165) is 24.3 Å². The highest BCUT2D eigenvalue weighted by Gasteiger charge is 2.07. The van der Waals surface area contributed by atoms with Crippen LogP contribution in [0.25, 0.3) is 0 Å². The minimum atomic E-state index is 0.391. The first-order valence-corrected chi connectivity index (χ1v) is 5.69. The van der Waals surface area contributed by atoms with Crippen LogP contribution in [-0.4, -0.2) is 13.7 Å². The highest BCUT2D eigenvalue weighted by atomic mass is 16.5. The van der Waals surface area contributed by atoms with Crippen LogP contribution < -0.4 is 10.1 Å². The standard InChI is InChI=1S/C14H21NO/c1-5-14(15-10-11(2)3)12-6-8-13(16-4)9-7-12/h6-9,14-15H,2,5,10H2,1,3-4H3. The Balaban J connectivity index is 2.66. The van der Waals surface area contributed by atoms with Crippen molar-refractivity contribution in [2.24, 2.45) is 0 Å². The number of rotatable bonds is 6. The summed E-state index contributed by atoms with van der Waals surface area (Å²) in [5.74, 6) is 0.901. The van der Waals surface area contributed by atoms with Gasteiger partial charge in [-0.25, -0.2) is 0 Å². The first-order valence-electron chi connectivity index (χ1n) is 5.69. The van der Waals surface area contributed by atoms with Crippen LogP contribution in [0.15, 0.2) is 36.4 Å². The Morgan fingerprint density at radius 1 is 1.38 bits per heavy atom. The van der Waals surface area contributed by atoms with Gasteiger partial charge in [-0.2, -0.15) is 0 Å². The van der Waals surface area contributed by atoms with Gasteiger partial charge in [-0.05, 0) is 31.0 Å². The summed E-state index contributed by atoms with van der Waals surface area (Å²) in [7, 11) is 1.69. The maximum Gasteiger partial charge on any atom is 0.118 e. The van der Waals surface area contributed by atoms with Gasteiger partial charge < -0.3 is 10.1 Å². The molecule has 0 aliphatic carbocycles. The van der Waals surface area contributed by atoms with Gasteiger partial charge in [-0.1, -0.05) is 31.2 Å². The van der Waals surface area contributed by atoms with Crippen LogP contribution >= 0.6 is 0 Å². The molecule has 1 unspecified atom stereocenters. The highest BCUT2D eigenvalue weighted by Crippen LogP contribution is 2.19. The van der Waals surface area contributed by atoms with Crippen molar-refractivity contribution < 1.29 is 4.74 Å². The Labute approximate surface area is 98.3 Å². The van der Waals surface area contributed by atoms with Gasteiger partial charge in [0.1, 0.15) is 5.75 Å². The van der Waals surface area contributed by atoms with Crippen molar-refractivity contribution in [1.82, 2.24) is 5.32 Å². The predicted octanol–water partition coefficient (Wildman–Crippen LogP) is 3.31. The van der Waals surface area contributed by atoms with Gasteiger partial charge in [0.25, 0.3) is 0 Å². The zero-order valence-electron chi connectivity index (χ0n) is 10.4. The van der Waals surface area contributed by atoms with Gasteiger partial charge in [0.2, 0.25) is 0 Å². The minimum Gasteiger partial charge on any atom is -0.497 e. The van der Waals surface area contributed by atoms with Crippen molar-refractivity contribution in [3.8, 4) is 5.75 Å². The summed E-state index contributed by atoms with van der Waals surface area (Å²) in [6.45, 7) is 8.98. The van der Waals surface area contributed by atoms with Crippen molar-refractivity contribution >= 4 is 0 Å². The second kappa shape index (κ2) is 6.33. The average molecular weight is 219 g/mol. The molecule has 2 heteroatoms. The Bertz CT molecular complexity index is 329. The summed E-state index contributed by atoms with van der Waals surface area (Å²) in [6.07, 6.45) is 1.07. The van der Waals surface area contributed by atoms with Crippen molar-refractivity contribution in [3.63, 3.8) is 0 Å². The van der Waals surface area contributed by atoms with Gasteiger partial charge in [-0.3, -0.25) is 0 Å². The molecule has 0 saturated heterocycles. The van der Waals surface area contributed by atoms with E-state index in [1.54, 1.807) is 7.11 Å². The molecule has 2 nitrogen and oxygen atoms in total. The molecule has 16 heavy (non-hydrogen) atoms. The summed E-state index contributed by atoms with van der Waals surface area (Å²) >= 11 is 0. The quantitative estimate of drug-likeness (QED) is 0.741. The summed E-state index contributed by atoms with van der Waals surface area (Å²) in [5, 5.41) is 3.48. The van der Waals surface area contributed by atoms with Crippen LogP contribution in [0, 0.1) is 0 Å². The van der Waals surface area contributed by atoms with E-state index in [0.29, 0.717) is 6.04 Å². The van der Waals surface area contributed by atoms with Crippen LogP contribution in [0.2, 0.25) is 0 Å². The molecule has 0 aliphatic rings. The Morgan fingerprint density at radius 2 is 2.00 bits per heavy atom. The third-order valence-corrected chi connectivity index (χ3v) is 2.58. The van der Waals surface area contributed by atoms with E-state index in [-0.39, 0.29) is 0 Å². The second-order valence-corrected chi connectivity index (χ2v) is 4.07. The fraction of sp³-hybridized carbons (Fsp3) is 0.429. The Morgan fingerprint density at radius 3 is 2.44 bits per heavy atom. The lowest BCUT2D eigenvalue weighted by Gasteiger charge is -2.17. The van der Waals surface area contributed by atoms with E-state index < -0.39 is 0 Å². The lowest BCUT2D eigenvalue weighted by atomic mass is 10.0. The second-order valence-electron chi connectivity index (χ2n) is 4.07. The molecule has 0 saturated carbocycles. The number of hydrogen-bond donors (Lipinski definition) is 1. The van der Waals surface area contributed by atoms with Crippen LogP contribution in [0.5, 0.6) is 5.75 Å². The van der Waals surface area contributed by atoms with Crippen LogP contribution in [0.1, 0.15) is 31.9 Å². The summed E-state index contributed by atoms with van der Waals surface area (Å²) in [6, 6.07) is 8.61. The van der Waals surface area contributed by atoms with Crippen LogP contribution in [0.4, 0.5) is 0 Å². The molecule has 0 radical (unpaired) electrons. The zero-order chi connectivity index (χ0) is 12.0. The molecular weight excluding hydrogens is 198 g/mol. The molecule has 1 rings (SSSR count). The van der Waals surface area contributed by atoms with Gasteiger partial charge in [0.05, 0.1) is 7.11 Å². The first kappa shape index (κ1) is 12.8. The highest BCUT2D eigenvalue weighted by molar-refractivity contribution is 5.29. The molecule has 1 aromatic carbocycles. The SMILES string of the molecule is C=C(C)CNC(CC)c1ccc(OC)cc1. The van der Waals surface area contributed by atoms with E-state index in [4.69, 9.17) is 4.74 Å². The van der Waals surface area contributed by atoms with E-state index in [1.807, 2.05) is 19.1 Å². The lowest BCUT2D eigenvalue weighted by Crippen LogP contribution is -2.22. The molecule has 1 atom stereocenters. The molecular formula is C14H21NO. The fourth-order valence-corrected chi connectivity index (χ4v) is 1.63. The predicted molar refractivity (Wildman–Crippen MR) is 68.8 cm³/mol. The average Bonchev–Trinajstić information content (AvgIpc) is 2.30. The molecule has 0 aromatic heterocycles. The fourth-order valence-electron chi connectivity index (χ4n) is 1.63. The summed E-state index contributed by atoms with van der Waals surface area (Å²) in [5.41, 5.74) is 2.46. The first-order chi connectivity index (χ1) is 7.67. The molecule has 0 aliphatic heterocycles. The number of hydrogen-bond acceptors (Lipinski definition) is 2. The van der Waals surface area contributed by atoms with Crippen molar-refractivity contribution in [1.29, 1.82) is 0 Å². The van der Waals surface area contributed by atoms with E-state index >= 15 is 0 Å². The van der Waals surface area contributed by atoms with Gasteiger partial charge in [-0.15, -0.1) is 0 Å². The molecule has 0 fully saturated rings. The zero-order valence-corrected chi connectivity index (χ0v) is 10.4. The van der Waals surface area contributed by atoms with Crippen LogP contribution in [0.3, 0.4) is 0 Å². The largest absolute Gasteiger partial charge is 0.497 e. The normalized spacial score (nSPS) is 12.2. The maximum atomic E-state index is 5.15. The van der Waals surface area contributed by atoms with Gasteiger partial charge in [0.15, 0.2) is 0 Å². The van der Waals surface area contributed by atoms with E-state index in [9.17, 15) is 0 Å². The third kappa shape index (κ3) is 3.70. The van der Waals surface area contributed by atoms with Gasteiger partial charge in [0, 0.05) is 12.6 Å². The molecule has 88 valence electrons. The number of methoxy groups -OCH3 is 1. The van der Waals surface area contributed by atoms with E-state index in [1.165, 1.54) is 5.56 Å². The Hall–Kier alpha value is -1.28. The number of benzene rings is 1. The van der Waals surface area contributed by atoms with E-state index in [2.05, 4.69) is 31.0 Å². The molecule has 0 amide bonds. The summed E-state index contributed by atoms with van der Waals surface area (Å²) < 4.78 is 5.15. The summed E-state index contributed by atoms with van der Waals surface area (Å²) in [4.78, 5) is 0. The minimum absolute atomic E-state index is 0.391.